The van der Waals surface area contributed by atoms with E-state index >= 15 is 0 Å². The molecular weight excluding hydrogens is 308 g/mol. The van der Waals surface area contributed by atoms with E-state index in [1.54, 1.807) is 44.3 Å². The van der Waals surface area contributed by atoms with Gasteiger partial charge in [0.15, 0.2) is 11.5 Å². The number of anilines is 1. The molecule has 0 saturated heterocycles. The minimum Gasteiger partial charge on any atom is -0.454 e. The first-order valence-electron chi connectivity index (χ1n) is 7.58. The predicted octanol–water partition coefficient (Wildman–Crippen LogP) is 2.26. The van der Waals surface area contributed by atoms with Crippen molar-refractivity contribution in [2.24, 2.45) is 0 Å². The number of nitrogens with one attached hydrogen (secondary N) is 2. The fourth-order valence-electron chi connectivity index (χ4n) is 2.58. The highest BCUT2D eigenvalue weighted by molar-refractivity contribution is 5.99. The van der Waals surface area contributed by atoms with E-state index in [0.717, 1.165) is 11.1 Å². The molecule has 0 unspecified atom stereocenters. The number of carbonyl (C=O) groups is 2. The normalized spacial score (nSPS) is 11.9. The lowest BCUT2D eigenvalue weighted by molar-refractivity contribution is -0.115. The highest BCUT2D eigenvalue weighted by atomic mass is 16.7. The largest absolute Gasteiger partial charge is 0.454 e. The number of hydrogen-bond donors (Lipinski definition) is 2. The molecule has 2 aromatic rings. The Labute approximate surface area is 139 Å². The second-order valence-corrected chi connectivity index (χ2v) is 5.47. The van der Waals surface area contributed by atoms with Crippen molar-refractivity contribution >= 4 is 17.5 Å². The zero-order chi connectivity index (χ0) is 17.1. The standard InChI is InChI=1S/C18H18N2O4/c1-11-13(18(22)19-2)4-3-5-14(11)20-17(21)9-12-6-7-15-16(8-12)24-10-23-15/h3-8H,9-10H2,1-2H3,(H,19,22)(H,20,21). The van der Waals surface area contributed by atoms with Gasteiger partial charge in [-0.05, 0) is 42.3 Å². The van der Waals surface area contributed by atoms with Gasteiger partial charge in [-0.2, -0.15) is 0 Å². The molecule has 0 saturated carbocycles. The molecule has 2 aromatic carbocycles. The molecule has 1 aliphatic rings. The van der Waals surface area contributed by atoms with E-state index in [9.17, 15) is 9.59 Å². The predicted molar refractivity (Wildman–Crippen MR) is 89.5 cm³/mol. The summed E-state index contributed by atoms with van der Waals surface area (Å²) >= 11 is 0. The van der Waals surface area contributed by atoms with Crippen molar-refractivity contribution in [1.82, 2.24) is 5.32 Å². The van der Waals surface area contributed by atoms with Crippen LogP contribution in [0.4, 0.5) is 5.69 Å². The second-order valence-electron chi connectivity index (χ2n) is 5.47. The summed E-state index contributed by atoms with van der Waals surface area (Å²) in [4.78, 5) is 24.1. The summed E-state index contributed by atoms with van der Waals surface area (Å²) < 4.78 is 10.6. The third-order valence-electron chi connectivity index (χ3n) is 3.88. The average molecular weight is 326 g/mol. The van der Waals surface area contributed by atoms with Crippen LogP contribution in [0.1, 0.15) is 21.5 Å². The van der Waals surface area contributed by atoms with Gasteiger partial charge < -0.3 is 20.1 Å². The number of fused-ring (bicyclic) bond motifs is 1. The van der Waals surface area contributed by atoms with E-state index in [1.165, 1.54) is 0 Å². The fraction of sp³-hybridized carbons (Fsp3) is 0.222. The molecule has 0 bridgehead atoms. The maximum absolute atomic E-state index is 12.3. The molecular formula is C18H18N2O4. The van der Waals surface area contributed by atoms with Crippen molar-refractivity contribution in [3.8, 4) is 11.5 Å². The van der Waals surface area contributed by atoms with Gasteiger partial charge >= 0.3 is 0 Å². The Morgan fingerprint density at radius 1 is 1.12 bits per heavy atom. The first-order valence-corrected chi connectivity index (χ1v) is 7.58. The molecule has 124 valence electrons. The third-order valence-corrected chi connectivity index (χ3v) is 3.88. The lowest BCUT2D eigenvalue weighted by Crippen LogP contribution is -2.20. The first-order chi connectivity index (χ1) is 11.6. The number of amides is 2. The average Bonchev–Trinajstić information content (AvgIpc) is 3.03. The van der Waals surface area contributed by atoms with Crippen molar-refractivity contribution in [2.75, 3.05) is 19.2 Å². The second kappa shape index (κ2) is 6.62. The Morgan fingerprint density at radius 3 is 2.71 bits per heavy atom. The molecule has 0 fully saturated rings. The Morgan fingerprint density at radius 2 is 1.92 bits per heavy atom. The third kappa shape index (κ3) is 3.17. The van der Waals surface area contributed by atoms with E-state index in [4.69, 9.17) is 9.47 Å². The van der Waals surface area contributed by atoms with Gasteiger partial charge in [-0.3, -0.25) is 9.59 Å². The molecule has 0 radical (unpaired) electrons. The van der Waals surface area contributed by atoms with Crippen LogP contribution in [0.5, 0.6) is 11.5 Å². The van der Waals surface area contributed by atoms with Crippen LogP contribution in [0.15, 0.2) is 36.4 Å². The van der Waals surface area contributed by atoms with Gasteiger partial charge in [-0.1, -0.05) is 12.1 Å². The number of hydrogen-bond acceptors (Lipinski definition) is 4. The highest BCUT2D eigenvalue weighted by Crippen LogP contribution is 2.32. The van der Waals surface area contributed by atoms with Gasteiger partial charge in [0.2, 0.25) is 12.7 Å². The molecule has 2 amide bonds. The van der Waals surface area contributed by atoms with Crippen molar-refractivity contribution in [1.29, 1.82) is 0 Å². The van der Waals surface area contributed by atoms with E-state index in [-0.39, 0.29) is 25.0 Å². The lowest BCUT2D eigenvalue weighted by atomic mass is 10.1. The van der Waals surface area contributed by atoms with Gasteiger partial charge in [0, 0.05) is 18.3 Å². The number of rotatable bonds is 4. The van der Waals surface area contributed by atoms with E-state index in [1.807, 2.05) is 6.07 Å². The van der Waals surface area contributed by atoms with E-state index in [0.29, 0.717) is 22.7 Å². The fourth-order valence-corrected chi connectivity index (χ4v) is 2.58. The van der Waals surface area contributed by atoms with Gasteiger partial charge in [0.1, 0.15) is 0 Å². The van der Waals surface area contributed by atoms with Crippen LogP contribution in [0.3, 0.4) is 0 Å². The summed E-state index contributed by atoms with van der Waals surface area (Å²) in [6.45, 7) is 2.01. The summed E-state index contributed by atoms with van der Waals surface area (Å²) in [6, 6.07) is 10.7. The zero-order valence-electron chi connectivity index (χ0n) is 13.5. The topological polar surface area (TPSA) is 76.7 Å². The van der Waals surface area contributed by atoms with E-state index < -0.39 is 0 Å². The smallest absolute Gasteiger partial charge is 0.251 e. The van der Waals surface area contributed by atoms with Crippen molar-refractivity contribution in [3.05, 3.63) is 53.1 Å². The molecule has 0 spiro atoms. The molecule has 0 atom stereocenters. The quantitative estimate of drug-likeness (QED) is 0.903. The van der Waals surface area contributed by atoms with Crippen LogP contribution >= 0.6 is 0 Å². The summed E-state index contributed by atoms with van der Waals surface area (Å²) in [5.41, 5.74) is 2.73. The molecule has 24 heavy (non-hydrogen) atoms. The maximum atomic E-state index is 12.3. The van der Waals surface area contributed by atoms with E-state index in [2.05, 4.69) is 10.6 Å². The molecule has 0 aromatic heterocycles. The van der Waals surface area contributed by atoms with Crippen molar-refractivity contribution in [2.45, 2.75) is 13.3 Å². The molecule has 1 heterocycles. The van der Waals surface area contributed by atoms with Crippen molar-refractivity contribution < 1.29 is 19.1 Å². The monoisotopic (exact) mass is 326 g/mol. The summed E-state index contributed by atoms with van der Waals surface area (Å²) in [5.74, 6) is 0.997. The van der Waals surface area contributed by atoms with Crippen molar-refractivity contribution in [3.63, 3.8) is 0 Å². The van der Waals surface area contributed by atoms with Crippen LogP contribution in [0.25, 0.3) is 0 Å². The minimum atomic E-state index is -0.181. The molecule has 1 aliphatic heterocycles. The summed E-state index contributed by atoms with van der Waals surface area (Å²) in [5, 5.41) is 5.44. The summed E-state index contributed by atoms with van der Waals surface area (Å²) in [7, 11) is 1.58. The molecule has 3 rings (SSSR count). The maximum Gasteiger partial charge on any atom is 0.251 e. The number of ether oxygens (including phenoxy) is 2. The Kier molecular flexibility index (Phi) is 4.37. The van der Waals surface area contributed by atoms with Gasteiger partial charge in [0.05, 0.1) is 6.42 Å². The Bertz CT molecular complexity index is 802. The van der Waals surface area contributed by atoms with Gasteiger partial charge in [0.25, 0.3) is 5.91 Å². The van der Waals surface area contributed by atoms with Crippen LogP contribution in [-0.2, 0) is 11.2 Å². The molecule has 0 aliphatic carbocycles. The highest BCUT2D eigenvalue weighted by Gasteiger charge is 2.16. The first kappa shape index (κ1) is 15.9. The number of benzene rings is 2. The van der Waals surface area contributed by atoms with Gasteiger partial charge in [-0.25, -0.2) is 0 Å². The molecule has 2 N–H and O–H groups in total. The summed E-state index contributed by atoms with van der Waals surface area (Å²) in [6.07, 6.45) is 0.209. The SMILES string of the molecule is CNC(=O)c1cccc(NC(=O)Cc2ccc3c(c2)OCO3)c1C. The van der Waals surface area contributed by atoms with Crippen LogP contribution < -0.4 is 20.1 Å². The zero-order valence-corrected chi connectivity index (χ0v) is 13.5. The van der Waals surface area contributed by atoms with Crippen LogP contribution in [-0.4, -0.2) is 25.7 Å². The Balaban J connectivity index is 1.72. The van der Waals surface area contributed by atoms with Crippen LogP contribution in [0, 0.1) is 6.92 Å². The minimum absolute atomic E-state index is 0.161. The van der Waals surface area contributed by atoms with Crippen LogP contribution in [0.2, 0.25) is 0 Å². The van der Waals surface area contributed by atoms with Gasteiger partial charge in [-0.15, -0.1) is 0 Å². The lowest BCUT2D eigenvalue weighted by Gasteiger charge is -2.12. The molecule has 6 heteroatoms. The number of carbonyl (C=O) groups excluding carboxylic acids is 2. The molecule has 6 nitrogen and oxygen atoms in total. The Hall–Kier alpha value is -3.02.